The lowest BCUT2D eigenvalue weighted by Gasteiger charge is -2.38. The van der Waals surface area contributed by atoms with Crippen LogP contribution in [0.3, 0.4) is 0 Å². The van der Waals surface area contributed by atoms with Gasteiger partial charge < -0.3 is 14.8 Å². The van der Waals surface area contributed by atoms with Crippen LogP contribution in [0, 0.1) is 11.8 Å². The van der Waals surface area contributed by atoms with Gasteiger partial charge in [0.1, 0.15) is 18.1 Å². The van der Waals surface area contributed by atoms with Crippen LogP contribution >= 0.6 is 0 Å². The fraction of sp³-hybridized carbons (Fsp3) is 0.455. The second-order valence-corrected chi connectivity index (χ2v) is 10.2. The van der Waals surface area contributed by atoms with Gasteiger partial charge in [0.25, 0.3) is 0 Å². The topological polar surface area (TPSA) is 97.8 Å². The molecule has 31 heavy (non-hydrogen) atoms. The van der Waals surface area contributed by atoms with Gasteiger partial charge in [-0.1, -0.05) is 12.1 Å². The van der Waals surface area contributed by atoms with Crippen molar-refractivity contribution in [3.8, 4) is 11.5 Å². The van der Waals surface area contributed by atoms with E-state index < -0.39 is 10.0 Å². The maximum absolute atomic E-state index is 13.4. The summed E-state index contributed by atoms with van der Waals surface area (Å²) in [6, 6.07) is 10.5. The summed E-state index contributed by atoms with van der Waals surface area (Å²) < 4.78 is 39.6. The minimum absolute atomic E-state index is 0.00747. The lowest BCUT2D eigenvalue weighted by Crippen LogP contribution is -2.54. The Hall–Kier alpha value is -2.65. The number of hydrogen-bond acceptors (Lipinski definition) is 6. The molecule has 164 valence electrons. The largest absolute Gasteiger partial charge is 0.486 e. The number of fused-ring (bicyclic) bond motifs is 3. The third-order valence-corrected chi connectivity index (χ3v) is 8.20. The number of ether oxygens (including phenoxy) is 2. The zero-order chi connectivity index (χ0) is 21.4. The molecule has 1 amide bonds. The highest BCUT2D eigenvalue weighted by Crippen LogP contribution is 2.42. The number of para-hydroxylation sites is 1. The zero-order valence-electron chi connectivity index (χ0n) is 17.1. The van der Waals surface area contributed by atoms with Crippen LogP contribution in [0.4, 0.5) is 0 Å². The number of rotatable bonds is 5. The molecule has 2 fully saturated rings. The van der Waals surface area contributed by atoms with E-state index in [0.717, 1.165) is 18.5 Å². The van der Waals surface area contributed by atoms with E-state index in [1.54, 1.807) is 28.7 Å². The summed E-state index contributed by atoms with van der Waals surface area (Å²) in [4.78, 5) is 16.9. The molecule has 1 N–H and O–H groups in total. The van der Waals surface area contributed by atoms with E-state index in [9.17, 15) is 13.2 Å². The van der Waals surface area contributed by atoms with Crippen molar-refractivity contribution in [2.24, 2.45) is 11.8 Å². The molecule has 5 rings (SSSR count). The molecule has 2 bridgehead atoms. The average Bonchev–Trinajstić information content (AvgIpc) is 3.00. The number of aromatic nitrogens is 1. The monoisotopic (exact) mass is 443 g/mol. The number of carbonyl (C=O) groups is 1. The van der Waals surface area contributed by atoms with Crippen molar-refractivity contribution in [3.05, 3.63) is 48.3 Å². The van der Waals surface area contributed by atoms with Crippen molar-refractivity contribution in [1.82, 2.24) is 14.6 Å². The van der Waals surface area contributed by atoms with E-state index in [-0.39, 0.29) is 35.1 Å². The zero-order valence-corrected chi connectivity index (χ0v) is 17.9. The van der Waals surface area contributed by atoms with Gasteiger partial charge in [-0.05, 0) is 48.9 Å². The first-order valence-corrected chi connectivity index (χ1v) is 12.0. The molecule has 3 aliphatic rings. The van der Waals surface area contributed by atoms with E-state index in [2.05, 4.69) is 10.3 Å². The summed E-state index contributed by atoms with van der Waals surface area (Å²) in [6.45, 7) is 1.51. The maximum atomic E-state index is 13.4. The molecule has 2 aromatic rings. The van der Waals surface area contributed by atoms with Crippen molar-refractivity contribution in [2.45, 2.75) is 30.2 Å². The molecule has 1 saturated heterocycles. The van der Waals surface area contributed by atoms with Gasteiger partial charge in [-0.15, -0.1) is 0 Å². The van der Waals surface area contributed by atoms with Crippen LogP contribution < -0.4 is 14.8 Å². The molecular weight excluding hydrogens is 418 g/mol. The van der Waals surface area contributed by atoms with E-state index in [0.29, 0.717) is 37.8 Å². The molecule has 1 saturated carbocycles. The number of carbonyl (C=O) groups excluding carboxylic acids is 1. The highest BCUT2D eigenvalue weighted by molar-refractivity contribution is 7.89. The third-order valence-electron chi connectivity index (χ3n) is 6.34. The van der Waals surface area contributed by atoms with Gasteiger partial charge in [0.15, 0.2) is 11.5 Å². The van der Waals surface area contributed by atoms with Gasteiger partial charge in [0.2, 0.25) is 15.9 Å². The van der Waals surface area contributed by atoms with E-state index in [1.165, 1.54) is 0 Å². The second-order valence-electron chi connectivity index (χ2n) is 8.29. The molecule has 9 heteroatoms. The minimum Gasteiger partial charge on any atom is -0.486 e. The summed E-state index contributed by atoms with van der Waals surface area (Å²) in [5.41, 5.74) is 0.725. The van der Waals surface area contributed by atoms with Gasteiger partial charge >= 0.3 is 0 Å². The number of sulfonamides is 1. The van der Waals surface area contributed by atoms with Crippen LogP contribution in [0.25, 0.3) is 0 Å². The van der Waals surface area contributed by atoms with Crippen LogP contribution in [-0.4, -0.2) is 56.0 Å². The summed E-state index contributed by atoms with van der Waals surface area (Å²) in [5.74, 6) is 0.884. The Labute approximate surface area is 181 Å². The SMILES string of the molecule is O=C(Cc1ccccn1)NC1[C@@H]2CC[C@H]1CN(S(=O)(=O)c1cccc3c1OCCO3)C2. The van der Waals surface area contributed by atoms with E-state index in [1.807, 2.05) is 18.2 Å². The highest BCUT2D eigenvalue weighted by Gasteiger charge is 2.46. The van der Waals surface area contributed by atoms with Gasteiger partial charge in [-0.25, -0.2) is 8.42 Å². The van der Waals surface area contributed by atoms with Crippen LogP contribution in [0.2, 0.25) is 0 Å². The van der Waals surface area contributed by atoms with Crippen LogP contribution in [0.15, 0.2) is 47.5 Å². The molecule has 1 unspecified atom stereocenters. The average molecular weight is 444 g/mol. The van der Waals surface area contributed by atoms with Gasteiger partial charge in [-0.3, -0.25) is 9.78 Å². The number of nitrogens with zero attached hydrogens (tertiary/aromatic N) is 2. The number of amides is 1. The van der Waals surface area contributed by atoms with Crippen LogP contribution in [0.5, 0.6) is 11.5 Å². The smallest absolute Gasteiger partial charge is 0.246 e. The fourth-order valence-electron chi connectivity index (χ4n) is 4.90. The predicted molar refractivity (Wildman–Crippen MR) is 112 cm³/mol. The molecule has 1 aromatic heterocycles. The first-order chi connectivity index (χ1) is 15.0. The Balaban J connectivity index is 1.30. The van der Waals surface area contributed by atoms with E-state index >= 15 is 0 Å². The fourth-order valence-corrected chi connectivity index (χ4v) is 6.60. The quantitative estimate of drug-likeness (QED) is 0.754. The van der Waals surface area contributed by atoms with Crippen molar-refractivity contribution in [2.75, 3.05) is 26.3 Å². The summed E-state index contributed by atoms with van der Waals surface area (Å²) in [7, 11) is -3.72. The predicted octanol–water partition coefficient (Wildman–Crippen LogP) is 1.61. The number of pyridine rings is 1. The minimum atomic E-state index is -3.72. The lowest BCUT2D eigenvalue weighted by atomic mass is 9.93. The van der Waals surface area contributed by atoms with Crippen molar-refractivity contribution >= 4 is 15.9 Å². The number of hydrogen-bond donors (Lipinski definition) is 1. The molecule has 1 aromatic carbocycles. The highest BCUT2D eigenvalue weighted by atomic mass is 32.2. The van der Waals surface area contributed by atoms with Crippen molar-refractivity contribution < 1.29 is 22.7 Å². The van der Waals surface area contributed by atoms with Gasteiger partial charge in [0.05, 0.1) is 6.42 Å². The summed E-state index contributed by atoms with van der Waals surface area (Å²) in [6.07, 6.45) is 3.70. The second kappa shape index (κ2) is 8.12. The lowest BCUT2D eigenvalue weighted by molar-refractivity contribution is -0.122. The molecule has 0 spiro atoms. The van der Waals surface area contributed by atoms with Crippen molar-refractivity contribution in [1.29, 1.82) is 0 Å². The molecule has 0 radical (unpaired) electrons. The Kier molecular flexibility index (Phi) is 5.31. The standard InChI is InChI=1S/C22H25N3O5S/c26-20(12-17-4-1-2-9-23-17)24-21-15-7-8-16(21)14-25(13-15)31(27,28)19-6-3-5-18-22(19)30-11-10-29-18/h1-6,9,15-16,21H,7-8,10-14H2,(H,24,26)/t15-,16+,21?. The Morgan fingerprint density at radius 3 is 2.58 bits per heavy atom. The summed E-state index contributed by atoms with van der Waals surface area (Å²) >= 11 is 0. The number of benzene rings is 1. The number of piperidine rings is 1. The molecular formula is C22H25N3O5S. The first-order valence-electron chi connectivity index (χ1n) is 10.6. The Morgan fingerprint density at radius 1 is 1.06 bits per heavy atom. The van der Waals surface area contributed by atoms with Crippen LogP contribution in [-0.2, 0) is 21.2 Å². The van der Waals surface area contributed by atoms with Crippen molar-refractivity contribution in [3.63, 3.8) is 0 Å². The first kappa shape index (κ1) is 20.3. The van der Waals surface area contributed by atoms with Gasteiger partial charge in [0, 0.05) is 31.0 Å². The Bertz CT molecular complexity index is 1060. The molecule has 3 heterocycles. The normalized spacial score (nSPS) is 25.2. The van der Waals surface area contributed by atoms with Gasteiger partial charge in [-0.2, -0.15) is 4.31 Å². The molecule has 8 nitrogen and oxygen atoms in total. The third kappa shape index (κ3) is 3.87. The Morgan fingerprint density at radius 2 is 1.84 bits per heavy atom. The van der Waals surface area contributed by atoms with Crippen LogP contribution in [0.1, 0.15) is 18.5 Å². The van der Waals surface area contributed by atoms with E-state index in [4.69, 9.17) is 9.47 Å². The molecule has 2 aliphatic heterocycles. The number of nitrogens with one attached hydrogen (secondary N) is 1. The molecule has 3 atom stereocenters. The maximum Gasteiger partial charge on any atom is 0.246 e. The molecule has 1 aliphatic carbocycles. The summed E-state index contributed by atoms with van der Waals surface area (Å²) in [5, 5.41) is 3.15.